The molecule has 7 nitrogen and oxygen atoms in total. The Morgan fingerprint density at radius 2 is 2.25 bits per heavy atom. The minimum Gasteiger partial charge on any atom is -0.345 e. The first-order chi connectivity index (χ1) is 11.3. The van der Waals surface area contributed by atoms with Gasteiger partial charge in [0, 0.05) is 36.7 Å². The van der Waals surface area contributed by atoms with Gasteiger partial charge < -0.3 is 9.88 Å². The lowest BCUT2D eigenvalue weighted by Crippen LogP contribution is -2.30. The van der Waals surface area contributed by atoms with Crippen LogP contribution in [0.4, 0.5) is 5.69 Å². The van der Waals surface area contributed by atoms with E-state index in [4.69, 9.17) is 0 Å². The molecule has 3 rings (SSSR count). The third-order valence-electron chi connectivity index (χ3n) is 3.92. The number of aromatic nitrogens is 2. The first-order valence-electron chi connectivity index (χ1n) is 7.41. The van der Waals surface area contributed by atoms with Crippen molar-refractivity contribution in [3.63, 3.8) is 0 Å². The molecule has 0 aromatic carbocycles. The number of hydrogen-bond donors (Lipinski definition) is 2. The normalized spacial score (nSPS) is 19.4. The number of halogens is 1. The average Bonchev–Trinajstić information content (AvgIpc) is 2.77. The van der Waals surface area contributed by atoms with E-state index in [0.29, 0.717) is 34.4 Å². The van der Waals surface area contributed by atoms with E-state index in [1.807, 2.05) is 6.92 Å². The molecular formula is C15H17BrN4O3S. The van der Waals surface area contributed by atoms with Crippen LogP contribution in [-0.4, -0.2) is 29.9 Å². The Morgan fingerprint density at radius 3 is 2.96 bits per heavy atom. The summed E-state index contributed by atoms with van der Waals surface area (Å²) in [7, 11) is -1.94. The van der Waals surface area contributed by atoms with Gasteiger partial charge in [-0.3, -0.25) is 4.79 Å². The fraction of sp³-hybridized carbons (Fsp3) is 0.333. The molecule has 0 radical (unpaired) electrons. The van der Waals surface area contributed by atoms with Gasteiger partial charge in [-0.15, -0.1) is 0 Å². The fourth-order valence-corrected chi connectivity index (χ4v) is 4.80. The van der Waals surface area contributed by atoms with Gasteiger partial charge in [-0.2, -0.15) is 0 Å². The second-order valence-corrected chi connectivity index (χ2v) is 8.31. The average molecular weight is 413 g/mol. The van der Waals surface area contributed by atoms with Crippen LogP contribution in [0, 0.1) is 0 Å². The Kier molecular flexibility index (Phi) is 4.50. The molecule has 0 saturated heterocycles. The van der Waals surface area contributed by atoms with Crippen molar-refractivity contribution in [1.29, 1.82) is 0 Å². The van der Waals surface area contributed by atoms with Crippen LogP contribution in [0.2, 0.25) is 0 Å². The Hall–Kier alpha value is -1.71. The van der Waals surface area contributed by atoms with E-state index in [-0.39, 0.29) is 16.8 Å². The lowest BCUT2D eigenvalue weighted by molar-refractivity contribution is 0.101. The van der Waals surface area contributed by atoms with Crippen molar-refractivity contribution in [2.24, 2.45) is 7.05 Å². The Bertz CT molecular complexity index is 907. The van der Waals surface area contributed by atoms with E-state index in [9.17, 15) is 13.2 Å². The molecule has 0 saturated carbocycles. The minimum absolute atomic E-state index is 0.167. The van der Waals surface area contributed by atoms with E-state index in [1.165, 1.54) is 6.20 Å². The zero-order valence-corrected chi connectivity index (χ0v) is 15.6. The van der Waals surface area contributed by atoms with Crippen molar-refractivity contribution in [2.75, 3.05) is 5.32 Å². The lowest BCUT2D eigenvalue weighted by atomic mass is 10.1. The topological polar surface area (TPSA) is 93.1 Å². The number of pyridine rings is 1. The number of nitrogens with zero attached hydrogens (tertiary/aromatic N) is 2. The monoisotopic (exact) mass is 412 g/mol. The Labute approximate surface area is 148 Å². The van der Waals surface area contributed by atoms with Gasteiger partial charge in [0.25, 0.3) is 5.91 Å². The summed E-state index contributed by atoms with van der Waals surface area (Å²) < 4.78 is 29.6. The maximum absolute atomic E-state index is 12.7. The molecular weight excluding hydrogens is 396 g/mol. The number of carbonyl (C=O) groups is 1. The number of amides is 1. The second kappa shape index (κ2) is 6.30. The molecule has 1 amide bonds. The van der Waals surface area contributed by atoms with Gasteiger partial charge >= 0.3 is 0 Å². The highest BCUT2D eigenvalue weighted by Gasteiger charge is 2.31. The summed E-state index contributed by atoms with van der Waals surface area (Å²) in [4.78, 5) is 16.9. The number of carbonyl (C=O) groups excluding carboxylic acids is 1. The van der Waals surface area contributed by atoms with E-state index < -0.39 is 10.0 Å². The van der Waals surface area contributed by atoms with Crippen molar-refractivity contribution in [2.45, 2.75) is 30.7 Å². The van der Waals surface area contributed by atoms with Crippen molar-refractivity contribution in [1.82, 2.24) is 14.3 Å². The second-order valence-electron chi connectivity index (χ2n) is 5.81. The van der Waals surface area contributed by atoms with Crippen molar-refractivity contribution in [3.05, 3.63) is 40.4 Å². The quantitative estimate of drug-likeness (QED) is 0.738. The molecule has 2 aromatic rings. The molecule has 9 heteroatoms. The summed E-state index contributed by atoms with van der Waals surface area (Å²) in [6.07, 6.45) is 4.22. The summed E-state index contributed by atoms with van der Waals surface area (Å²) >= 11 is 3.25. The maximum atomic E-state index is 12.7. The zero-order chi connectivity index (χ0) is 17.5. The van der Waals surface area contributed by atoms with Crippen molar-refractivity contribution < 1.29 is 13.2 Å². The molecule has 3 heterocycles. The summed E-state index contributed by atoms with van der Waals surface area (Å²) in [5, 5.41) is 2.79. The summed E-state index contributed by atoms with van der Waals surface area (Å²) in [5.41, 5.74) is 1.50. The van der Waals surface area contributed by atoms with Gasteiger partial charge in [0.1, 0.15) is 15.2 Å². The predicted molar refractivity (Wildman–Crippen MR) is 93.4 cm³/mol. The molecule has 0 aliphatic carbocycles. The van der Waals surface area contributed by atoms with Gasteiger partial charge in [0.05, 0.1) is 0 Å². The van der Waals surface area contributed by atoms with Crippen molar-refractivity contribution in [3.8, 4) is 0 Å². The van der Waals surface area contributed by atoms with Crippen molar-refractivity contribution >= 4 is 37.5 Å². The largest absolute Gasteiger partial charge is 0.345 e. The molecule has 2 aromatic heterocycles. The highest BCUT2D eigenvalue weighted by atomic mass is 79.9. The number of rotatable bonds is 2. The molecule has 1 atom stereocenters. The number of fused-ring (bicyclic) bond motifs is 1. The third-order valence-corrected chi connectivity index (χ3v) is 6.00. The van der Waals surface area contributed by atoms with E-state index in [0.717, 1.165) is 0 Å². The Balaban J connectivity index is 2.00. The lowest BCUT2D eigenvalue weighted by Gasteiger charge is -2.10. The maximum Gasteiger partial charge on any atom is 0.272 e. The highest BCUT2D eigenvalue weighted by Crippen LogP contribution is 2.27. The number of sulfonamides is 1. The molecule has 24 heavy (non-hydrogen) atoms. The number of aryl methyl sites for hydroxylation is 1. The van der Waals surface area contributed by atoms with Gasteiger partial charge in [-0.25, -0.2) is 18.1 Å². The number of anilines is 1. The highest BCUT2D eigenvalue weighted by molar-refractivity contribution is 9.10. The third kappa shape index (κ3) is 3.24. The van der Waals surface area contributed by atoms with Gasteiger partial charge in [-0.05, 0) is 47.8 Å². The summed E-state index contributed by atoms with van der Waals surface area (Å²) in [5.74, 6) is -0.346. The van der Waals surface area contributed by atoms with Crippen LogP contribution in [0.15, 0.2) is 34.0 Å². The standard InChI is InChI=1S/C15H17BrN4O3S/c1-9-3-4-11-12(24(22,23)19-9)8-20(2)14(11)15(21)18-10-5-6-17-13(16)7-10/h5-9,19H,3-4H2,1-2H3,(H,17,18,21). The molecule has 2 N–H and O–H groups in total. The Morgan fingerprint density at radius 1 is 1.50 bits per heavy atom. The number of hydrogen-bond acceptors (Lipinski definition) is 4. The molecule has 1 aliphatic rings. The van der Waals surface area contributed by atoms with E-state index in [2.05, 4.69) is 31.0 Å². The summed E-state index contributed by atoms with van der Waals surface area (Å²) in [6.45, 7) is 1.82. The van der Waals surface area contributed by atoms with E-state index in [1.54, 1.807) is 29.9 Å². The van der Waals surface area contributed by atoms with Gasteiger partial charge in [0.15, 0.2) is 0 Å². The molecule has 0 spiro atoms. The van der Waals surface area contributed by atoms with Crippen LogP contribution in [-0.2, 0) is 23.5 Å². The SMILES string of the molecule is CC1CCc2c(cn(C)c2C(=O)Nc2ccnc(Br)c2)S(=O)(=O)N1. The van der Waals surface area contributed by atoms with Crippen LogP contribution in [0.3, 0.4) is 0 Å². The molecule has 128 valence electrons. The fourth-order valence-electron chi connectivity index (χ4n) is 2.84. The first-order valence-corrected chi connectivity index (χ1v) is 9.69. The summed E-state index contributed by atoms with van der Waals surface area (Å²) in [6, 6.07) is 3.18. The van der Waals surface area contributed by atoms with Crippen LogP contribution >= 0.6 is 15.9 Å². The molecule has 0 bridgehead atoms. The number of nitrogens with one attached hydrogen (secondary N) is 2. The van der Waals surface area contributed by atoms with Gasteiger partial charge in [0.2, 0.25) is 10.0 Å². The molecule has 1 unspecified atom stereocenters. The molecule has 0 fully saturated rings. The van der Waals surface area contributed by atoms with Crippen LogP contribution in [0.25, 0.3) is 0 Å². The minimum atomic E-state index is -3.61. The van der Waals surface area contributed by atoms with Crippen LogP contribution < -0.4 is 10.0 Å². The smallest absolute Gasteiger partial charge is 0.272 e. The first kappa shape index (κ1) is 17.1. The van der Waals surface area contributed by atoms with Gasteiger partial charge in [-0.1, -0.05) is 0 Å². The predicted octanol–water partition coefficient (Wildman–Crippen LogP) is 2.05. The van der Waals surface area contributed by atoms with Crippen LogP contribution in [0.1, 0.15) is 29.4 Å². The van der Waals surface area contributed by atoms with Crippen LogP contribution in [0.5, 0.6) is 0 Å². The zero-order valence-electron chi connectivity index (χ0n) is 13.2. The molecule has 1 aliphatic heterocycles. The van der Waals surface area contributed by atoms with E-state index >= 15 is 0 Å².